The predicted octanol–water partition coefficient (Wildman–Crippen LogP) is 4.85. The Morgan fingerprint density at radius 3 is 2.59 bits per heavy atom. The van der Waals surface area contributed by atoms with Gasteiger partial charge in [0, 0.05) is 24.1 Å². The number of aliphatic hydroxyl groups excluding tert-OH is 1. The molecule has 8 heteroatoms. The minimum absolute atomic E-state index is 0.117. The summed E-state index contributed by atoms with van der Waals surface area (Å²) in [6.45, 7) is 2.66. The normalized spacial score (nSPS) is 21.5. The maximum Gasteiger partial charge on any atom is 0.328 e. The summed E-state index contributed by atoms with van der Waals surface area (Å²) in [7, 11) is 2.90. The number of aliphatic hydroxyl groups is 1. The van der Waals surface area contributed by atoms with E-state index in [2.05, 4.69) is 10.2 Å². The molecule has 2 atom stereocenters. The van der Waals surface area contributed by atoms with Gasteiger partial charge >= 0.3 is 5.92 Å². The maximum atomic E-state index is 15.3. The molecule has 6 nitrogen and oxygen atoms in total. The number of likely N-dealkylation sites (tertiary alicyclic amines) is 1. The molecule has 1 heterocycles. The third kappa shape index (κ3) is 5.13. The van der Waals surface area contributed by atoms with Crippen LogP contribution in [0.5, 0.6) is 11.5 Å². The van der Waals surface area contributed by atoms with E-state index in [1.54, 1.807) is 6.07 Å². The smallest absolute Gasteiger partial charge is 0.328 e. The standard InChI is InChI=1S/C26H34F2N2O4/c1-33-23-15-20(22(31)9-12-30-10-5-6-11-30)21(16-24(23)34-2)29-25(32)26(27,28)19-13-17-7-3-4-8-18(17)14-19/h3,7,15-16,19,22,31H,4-6,8-14H2,1-2H3,(H,29,32). The number of carbonyl (C=O) groups excluding carboxylic acids is 1. The van der Waals surface area contributed by atoms with Crippen molar-refractivity contribution in [2.24, 2.45) is 5.92 Å². The van der Waals surface area contributed by atoms with Gasteiger partial charge in [-0.05, 0) is 69.7 Å². The molecule has 2 unspecified atom stereocenters. The van der Waals surface area contributed by atoms with Crippen LogP contribution < -0.4 is 14.8 Å². The average molecular weight is 477 g/mol. The Balaban J connectivity index is 1.53. The third-order valence-electron chi connectivity index (χ3n) is 7.24. The van der Waals surface area contributed by atoms with Gasteiger partial charge in [0.2, 0.25) is 0 Å². The van der Waals surface area contributed by atoms with Crippen LogP contribution >= 0.6 is 0 Å². The Labute approximate surface area is 199 Å². The predicted molar refractivity (Wildman–Crippen MR) is 126 cm³/mol. The minimum Gasteiger partial charge on any atom is -0.493 e. The second-order valence-corrected chi connectivity index (χ2v) is 9.40. The van der Waals surface area contributed by atoms with Crippen molar-refractivity contribution >= 4 is 11.6 Å². The van der Waals surface area contributed by atoms with E-state index in [0.717, 1.165) is 49.9 Å². The van der Waals surface area contributed by atoms with Crippen LogP contribution in [0.1, 0.15) is 56.6 Å². The van der Waals surface area contributed by atoms with Crippen molar-refractivity contribution in [3.05, 3.63) is 41.0 Å². The molecule has 1 aromatic rings. The maximum absolute atomic E-state index is 15.3. The molecule has 1 aliphatic heterocycles. The lowest BCUT2D eigenvalue weighted by Gasteiger charge is -2.25. The molecular weight excluding hydrogens is 442 g/mol. The number of amides is 1. The second-order valence-electron chi connectivity index (χ2n) is 9.40. The monoisotopic (exact) mass is 476 g/mol. The Hall–Kier alpha value is -2.45. The van der Waals surface area contributed by atoms with Crippen LogP contribution in [0.2, 0.25) is 0 Å². The number of rotatable bonds is 9. The molecule has 34 heavy (non-hydrogen) atoms. The van der Waals surface area contributed by atoms with Crippen molar-refractivity contribution < 1.29 is 28.2 Å². The van der Waals surface area contributed by atoms with Gasteiger partial charge in [-0.3, -0.25) is 4.79 Å². The summed E-state index contributed by atoms with van der Waals surface area (Å²) in [5.74, 6) is -5.32. The fourth-order valence-corrected chi connectivity index (χ4v) is 5.23. The summed E-state index contributed by atoms with van der Waals surface area (Å²) < 4.78 is 41.2. The van der Waals surface area contributed by atoms with Crippen molar-refractivity contribution in [2.45, 2.75) is 57.0 Å². The van der Waals surface area contributed by atoms with Gasteiger partial charge in [-0.25, -0.2) is 0 Å². The molecule has 1 aromatic carbocycles. The van der Waals surface area contributed by atoms with Gasteiger partial charge in [0.25, 0.3) is 5.91 Å². The topological polar surface area (TPSA) is 71.0 Å². The molecule has 1 saturated heterocycles. The van der Waals surface area contributed by atoms with E-state index in [1.165, 1.54) is 20.3 Å². The highest BCUT2D eigenvalue weighted by atomic mass is 19.3. The lowest BCUT2D eigenvalue weighted by Crippen LogP contribution is -2.41. The molecule has 2 aliphatic carbocycles. The lowest BCUT2D eigenvalue weighted by molar-refractivity contribution is -0.147. The fraction of sp³-hybridized carbons (Fsp3) is 0.577. The molecule has 0 radical (unpaired) electrons. The van der Waals surface area contributed by atoms with Crippen LogP contribution in [0.25, 0.3) is 0 Å². The van der Waals surface area contributed by atoms with E-state index in [9.17, 15) is 9.90 Å². The number of alkyl halides is 2. The molecule has 2 N–H and O–H groups in total. The van der Waals surface area contributed by atoms with Crippen molar-refractivity contribution in [2.75, 3.05) is 39.2 Å². The molecule has 1 amide bonds. The Morgan fingerprint density at radius 1 is 1.21 bits per heavy atom. The van der Waals surface area contributed by atoms with Crippen molar-refractivity contribution in [3.8, 4) is 11.5 Å². The highest BCUT2D eigenvalue weighted by Crippen LogP contribution is 2.45. The summed E-state index contributed by atoms with van der Waals surface area (Å²) in [5, 5.41) is 13.3. The van der Waals surface area contributed by atoms with Gasteiger partial charge in [0.1, 0.15) is 0 Å². The van der Waals surface area contributed by atoms with Crippen LogP contribution in [0.4, 0.5) is 14.5 Å². The van der Waals surface area contributed by atoms with Gasteiger partial charge in [-0.1, -0.05) is 17.7 Å². The number of methoxy groups -OCH3 is 2. The van der Waals surface area contributed by atoms with E-state index < -0.39 is 23.9 Å². The third-order valence-corrected chi connectivity index (χ3v) is 7.24. The van der Waals surface area contributed by atoms with Gasteiger partial charge in [0.05, 0.1) is 26.0 Å². The number of anilines is 1. The summed E-state index contributed by atoms with van der Waals surface area (Å²) in [6, 6.07) is 3.00. The first-order valence-corrected chi connectivity index (χ1v) is 12.1. The number of ether oxygens (including phenoxy) is 2. The van der Waals surface area contributed by atoms with Crippen LogP contribution in [0.15, 0.2) is 35.4 Å². The average Bonchev–Trinajstić information content (AvgIpc) is 3.52. The zero-order valence-electron chi connectivity index (χ0n) is 19.9. The molecule has 4 rings (SSSR count). The quantitative estimate of drug-likeness (QED) is 0.533. The highest BCUT2D eigenvalue weighted by molar-refractivity contribution is 5.97. The van der Waals surface area contributed by atoms with E-state index in [4.69, 9.17) is 9.47 Å². The largest absolute Gasteiger partial charge is 0.493 e. The summed E-state index contributed by atoms with van der Waals surface area (Å²) in [6.07, 6.45) is 7.72. The molecule has 3 aliphatic rings. The molecule has 0 aromatic heterocycles. The van der Waals surface area contributed by atoms with E-state index in [0.29, 0.717) is 30.0 Å². The number of hydrogen-bond acceptors (Lipinski definition) is 5. The number of hydrogen-bond donors (Lipinski definition) is 2. The fourth-order valence-electron chi connectivity index (χ4n) is 5.23. The minimum atomic E-state index is -3.55. The summed E-state index contributed by atoms with van der Waals surface area (Å²) in [5.41, 5.74) is 2.43. The molecule has 0 saturated carbocycles. The number of allylic oxidation sites excluding steroid dienone is 4. The van der Waals surface area contributed by atoms with Gasteiger partial charge in [-0.15, -0.1) is 0 Å². The Bertz CT molecular complexity index is 970. The number of halogens is 2. The van der Waals surface area contributed by atoms with Crippen LogP contribution in [-0.2, 0) is 4.79 Å². The van der Waals surface area contributed by atoms with E-state index >= 15 is 8.78 Å². The molecule has 186 valence electrons. The van der Waals surface area contributed by atoms with Crippen molar-refractivity contribution in [1.29, 1.82) is 0 Å². The number of nitrogens with zero attached hydrogens (tertiary/aromatic N) is 1. The van der Waals surface area contributed by atoms with Gasteiger partial charge in [0.15, 0.2) is 11.5 Å². The number of benzene rings is 1. The Morgan fingerprint density at radius 2 is 1.91 bits per heavy atom. The highest BCUT2D eigenvalue weighted by Gasteiger charge is 2.49. The molecular formula is C26H34F2N2O4. The molecule has 0 bridgehead atoms. The molecule has 0 spiro atoms. The summed E-state index contributed by atoms with van der Waals surface area (Å²) in [4.78, 5) is 15.1. The van der Waals surface area contributed by atoms with Crippen LogP contribution in [0, 0.1) is 5.92 Å². The van der Waals surface area contributed by atoms with Gasteiger partial charge in [-0.2, -0.15) is 8.78 Å². The zero-order valence-corrected chi connectivity index (χ0v) is 19.9. The van der Waals surface area contributed by atoms with Crippen molar-refractivity contribution in [3.63, 3.8) is 0 Å². The zero-order chi connectivity index (χ0) is 24.3. The van der Waals surface area contributed by atoms with Gasteiger partial charge < -0.3 is 24.8 Å². The first kappa shape index (κ1) is 24.7. The molecule has 1 fully saturated rings. The van der Waals surface area contributed by atoms with Crippen molar-refractivity contribution in [1.82, 2.24) is 4.90 Å². The van der Waals surface area contributed by atoms with Crippen LogP contribution in [-0.4, -0.2) is 55.7 Å². The number of nitrogens with one attached hydrogen (secondary N) is 1. The first-order chi connectivity index (χ1) is 16.3. The lowest BCUT2D eigenvalue weighted by atomic mass is 9.95. The van der Waals surface area contributed by atoms with E-state index in [1.807, 2.05) is 12.2 Å². The first-order valence-electron chi connectivity index (χ1n) is 12.1. The number of carbonyl (C=O) groups is 1. The van der Waals surface area contributed by atoms with Crippen LogP contribution in [0.3, 0.4) is 0 Å². The summed E-state index contributed by atoms with van der Waals surface area (Å²) >= 11 is 0. The Kier molecular flexibility index (Phi) is 7.57. The SMILES string of the molecule is COc1cc(NC(=O)C(F)(F)C2CC3=C(CCC=C3)C2)c(C(O)CCN2CCCC2)cc1OC. The second kappa shape index (κ2) is 10.4. The van der Waals surface area contributed by atoms with E-state index in [-0.39, 0.29) is 18.5 Å².